The van der Waals surface area contributed by atoms with Gasteiger partial charge in [-0.05, 0) is 18.4 Å². The Morgan fingerprint density at radius 1 is 1.25 bits per heavy atom. The SMILES string of the molecule is CN1CC(=O)N(CCC(C)(C)CN)CC1=O. The van der Waals surface area contributed by atoms with E-state index in [0.717, 1.165) is 6.42 Å². The van der Waals surface area contributed by atoms with Gasteiger partial charge >= 0.3 is 0 Å². The second-order valence-corrected chi connectivity index (χ2v) is 5.18. The molecule has 5 nitrogen and oxygen atoms in total. The van der Waals surface area contributed by atoms with E-state index in [4.69, 9.17) is 5.73 Å². The minimum absolute atomic E-state index is 0.00477. The monoisotopic (exact) mass is 227 g/mol. The Balaban J connectivity index is 2.49. The number of likely N-dealkylation sites (N-methyl/N-ethyl adjacent to an activating group) is 1. The third-order valence-corrected chi connectivity index (χ3v) is 3.09. The molecule has 1 saturated heterocycles. The quantitative estimate of drug-likeness (QED) is 0.714. The van der Waals surface area contributed by atoms with Gasteiger partial charge in [0.25, 0.3) is 0 Å². The van der Waals surface area contributed by atoms with E-state index in [9.17, 15) is 9.59 Å². The molecule has 0 aromatic carbocycles. The first kappa shape index (κ1) is 13.0. The van der Waals surface area contributed by atoms with Crippen molar-refractivity contribution < 1.29 is 9.59 Å². The number of amides is 2. The Labute approximate surface area is 96.6 Å². The first-order valence-corrected chi connectivity index (χ1v) is 5.57. The van der Waals surface area contributed by atoms with Crippen LogP contribution in [-0.2, 0) is 9.59 Å². The number of carbonyl (C=O) groups excluding carboxylic acids is 2. The molecule has 1 heterocycles. The highest BCUT2D eigenvalue weighted by Gasteiger charge is 2.28. The Morgan fingerprint density at radius 3 is 2.44 bits per heavy atom. The fraction of sp³-hybridized carbons (Fsp3) is 0.818. The molecule has 1 fully saturated rings. The van der Waals surface area contributed by atoms with E-state index in [0.29, 0.717) is 13.1 Å². The molecule has 92 valence electrons. The molecule has 0 unspecified atom stereocenters. The predicted molar refractivity (Wildman–Crippen MR) is 61.7 cm³/mol. The largest absolute Gasteiger partial charge is 0.335 e. The van der Waals surface area contributed by atoms with Gasteiger partial charge in [-0.15, -0.1) is 0 Å². The normalized spacial score (nSPS) is 18.2. The van der Waals surface area contributed by atoms with E-state index in [2.05, 4.69) is 13.8 Å². The maximum atomic E-state index is 11.7. The van der Waals surface area contributed by atoms with Crippen LogP contribution in [0.1, 0.15) is 20.3 Å². The number of nitrogens with zero attached hydrogens (tertiary/aromatic N) is 2. The van der Waals surface area contributed by atoms with Crippen molar-refractivity contribution in [2.24, 2.45) is 11.1 Å². The van der Waals surface area contributed by atoms with E-state index in [1.54, 1.807) is 11.9 Å². The van der Waals surface area contributed by atoms with Crippen molar-refractivity contribution >= 4 is 11.8 Å². The van der Waals surface area contributed by atoms with Gasteiger partial charge in [0.15, 0.2) is 0 Å². The summed E-state index contributed by atoms with van der Waals surface area (Å²) >= 11 is 0. The third-order valence-electron chi connectivity index (χ3n) is 3.09. The maximum Gasteiger partial charge on any atom is 0.242 e. The minimum atomic E-state index is 0.00477. The lowest BCUT2D eigenvalue weighted by Crippen LogP contribution is -2.52. The Morgan fingerprint density at radius 2 is 1.88 bits per heavy atom. The first-order valence-electron chi connectivity index (χ1n) is 5.57. The average Bonchev–Trinajstić information content (AvgIpc) is 2.22. The van der Waals surface area contributed by atoms with E-state index in [-0.39, 0.29) is 30.3 Å². The molecule has 1 rings (SSSR count). The number of nitrogens with two attached hydrogens (primary N) is 1. The fourth-order valence-electron chi connectivity index (χ4n) is 1.51. The zero-order valence-corrected chi connectivity index (χ0v) is 10.3. The molecule has 2 N–H and O–H groups in total. The number of piperazine rings is 1. The van der Waals surface area contributed by atoms with E-state index < -0.39 is 0 Å². The van der Waals surface area contributed by atoms with Gasteiger partial charge in [-0.3, -0.25) is 9.59 Å². The molecule has 0 bridgehead atoms. The lowest BCUT2D eigenvalue weighted by molar-refractivity contribution is -0.149. The number of hydrogen-bond donors (Lipinski definition) is 1. The summed E-state index contributed by atoms with van der Waals surface area (Å²) in [6.07, 6.45) is 0.826. The van der Waals surface area contributed by atoms with Gasteiger partial charge in [-0.25, -0.2) is 0 Å². The molecule has 0 radical (unpaired) electrons. The maximum absolute atomic E-state index is 11.7. The number of rotatable bonds is 4. The second-order valence-electron chi connectivity index (χ2n) is 5.18. The summed E-state index contributed by atoms with van der Waals surface area (Å²) in [4.78, 5) is 26.2. The summed E-state index contributed by atoms with van der Waals surface area (Å²) in [5.74, 6) is 0.0278. The molecule has 0 aromatic rings. The summed E-state index contributed by atoms with van der Waals surface area (Å²) < 4.78 is 0. The summed E-state index contributed by atoms with van der Waals surface area (Å²) in [6, 6.07) is 0. The van der Waals surface area contributed by atoms with E-state index in [1.807, 2.05) is 0 Å². The van der Waals surface area contributed by atoms with Crippen molar-refractivity contribution in [3.8, 4) is 0 Å². The minimum Gasteiger partial charge on any atom is -0.335 e. The molecule has 16 heavy (non-hydrogen) atoms. The zero-order chi connectivity index (χ0) is 12.3. The molecular weight excluding hydrogens is 206 g/mol. The lowest BCUT2D eigenvalue weighted by atomic mass is 9.89. The molecule has 0 atom stereocenters. The summed E-state index contributed by atoms with van der Waals surface area (Å²) in [5, 5.41) is 0. The van der Waals surface area contributed by atoms with Crippen LogP contribution in [0.25, 0.3) is 0 Å². The second kappa shape index (κ2) is 4.82. The molecule has 0 aromatic heterocycles. The van der Waals surface area contributed by atoms with Gasteiger partial charge in [0, 0.05) is 13.6 Å². The highest BCUT2D eigenvalue weighted by molar-refractivity contribution is 5.92. The Hall–Kier alpha value is -1.10. The lowest BCUT2D eigenvalue weighted by Gasteiger charge is -2.33. The van der Waals surface area contributed by atoms with Crippen LogP contribution in [0, 0.1) is 5.41 Å². The van der Waals surface area contributed by atoms with E-state index in [1.165, 1.54) is 4.90 Å². The van der Waals surface area contributed by atoms with Crippen LogP contribution < -0.4 is 5.73 Å². The molecule has 0 aliphatic carbocycles. The zero-order valence-electron chi connectivity index (χ0n) is 10.3. The predicted octanol–water partition coefficient (Wildman–Crippen LogP) is -0.338. The van der Waals surface area contributed by atoms with Crippen molar-refractivity contribution in [2.75, 3.05) is 33.2 Å². The number of hydrogen-bond acceptors (Lipinski definition) is 3. The van der Waals surface area contributed by atoms with Crippen molar-refractivity contribution in [2.45, 2.75) is 20.3 Å². The molecule has 1 aliphatic heterocycles. The molecule has 0 saturated carbocycles. The highest BCUT2D eigenvalue weighted by atomic mass is 16.2. The third kappa shape index (κ3) is 3.20. The highest BCUT2D eigenvalue weighted by Crippen LogP contribution is 2.19. The van der Waals surface area contributed by atoms with Crippen LogP contribution in [0.2, 0.25) is 0 Å². The van der Waals surface area contributed by atoms with Crippen molar-refractivity contribution in [3.05, 3.63) is 0 Å². The van der Waals surface area contributed by atoms with Gasteiger partial charge in [0.2, 0.25) is 11.8 Å². The molecule has 0 spiro atoms. The molecule has 1 aliphatic rings. The van der Waals surface area contributed by atoms with Gasteiger partial charge in [0.1, 0.15) is 0 Å². The van der Waals surface area contributed by atoms with Crippen molar-refractivity contribution in [3.63, 3.8) is 0 Å². The smallest absolute Gasteiger partial charge is 0.242 e. The van der Waals surface area contributed by atoms with Crippen LogP contribution in [-0.4, -0.2) is 54.8 Å². The van der Waals surface area contributed by atoms with Gasteiger partial charge < -0.3 is 15.5 Å². The van der Waals surface area contributed by atoms with Crippen LogP contribution in [0.5, 0.6) is 0 Å². The van der Waals surface area contributed by atoms with Gasteiger partial charge in [-0.1, -0.05) is 13.8 Å². The van der Waals surface area contributed by atoms with Crippen LogP contribution >= 0.6 is 0 Å². The standard InChI is InChI=1S/C11H21N3O2/c1-11(2,8-12)4-5-14-7-9(15)13(3)6-10(14)16/h4-8,12H2,1-3H3. The average molecular weight is 227 g/mol. The Kier molecular flexibility index (Phi) is 3.91. The van der Waals surface area contributed by atoms with Crippen LogP contribution in [0.4, 0.5) is 0 Å². The molecule has 5 heteroatoms. The topological polar surface area (TPSA) is 66.6 Å². The van der Waals surface area contributed by atoms with Crippen LogP contribution in [0.3, 0.4) is 0 Å². The molecular formula is C11H21N3O2. The summed E-state index contributed by atoms with van der Waals surface area (Å²) in [7, 11) is 1.65. The summed E-state index contributed by atoms with van der Waals surface area (Å²) in [5.41, 5.74) is 5.65. The van der Waals surface area contributed by atoms with E-state index >= 15 is 0 Å². The first-order chi connectivity index (χ1) is 7.35. The van der Waals surface area contributed by atoms with Crippen LogP contribution in [0.15, 0.2) is 0 Å². The fourth-order valence-corrected chi connectivity index (χ4v) is 1.51. The van der Waals surface area contributed by atoms with Gasteiger partial charge in [-0.2, -0.15) is 0 Å². The number of carbonyl (C=O) groups is 2. The Bertz CT molecular complexity index is 289. The molecule has 2 amide bonds. The summed E-state index contributed by atoms with van der Waals surface area (Å²) in [6.45, 7) is 5.73. The van der Waals surface area contributed by atoms with Crippen molar-refractivity contribution in [1.82, 2.24) is 9.80 Å². The van der Waals surface area contributed by atoms with Gasteiger partial charge in [0.05, 0.1) is 13.1 Å². The van der Waals surface area contributed by atoms with Crippen molar-refractivity contribution in [1.29, 1.82) is 0 Å².